The number of aryl methyl sites for hydroxylation is 2. The Morgan fingerprint density at radius 3 is 2.74 bits per heavy atom. The molecule has 0 bridgehead atoms. The van der Waals surface area contributed by atoms with Gasteiger partial charge >= 0.3 is 0 Å². The molecule has 2 aromatic rings. The number of carbonyl (C=O) groups is 1. The Balaban J connectivity index is 1.42. The Bertz CT molecular complexity index is 626. The zero-order valence-electron chi connectivity index (χ0n) is 13.2. The van der Waals surface area contributed by atoms with Crippen molar-refractivity contribution in [2.75, 3.05) is 26.2 Å². The standard InChI is InChI=1S/C16H21ClN4O2/c1-13-15(17)12-21(18-13)5-4-16(22)20-8-6-19(7-9-20)11-14-3-2-10-23-14/h2-3,10,12H,4-9,11H2,1H3. The normalized spacial score (nSPS) is 16.0. The van der Waals surface area contributed by atoms with Gasteiger partial charge in [0.15, 0.2) is 0 Å². The fraction of sp³-hybridized carbons (Fsp3) is 0.500. The van der Waals surface area contributed by atoms with Crippen LogP contribution in [0.3, 0.4) is 0 Å². The molecule has 23 heavy (non-hydrogen) atoms. The number of piperazine rings is 1. The van der Waals surface area contributed by atoms with E-state index in [2.05, 4.69) is 10.00 Å². The molecule has 6 nitrogen and oxygen atoms in total. The predicted molar refractivity (Wildman–Crippen MR) is 87.2 cm³/mol. The quantitative estimate of drug-likeness (QED) is 0.839. The maximum Gasteiger partial charge on any atom is 0.224 e. The first-order chi connectivity index (χ1) is 11.1. The summed E-state index contributed by atoms with van der Waals surface area (Å²) in [7, 11) is 0. The average molecular weight is 337 g/mol. The molecule has 0 unspecified atom stereocenters. The van der Waals surface area contributed by atoms with E-state index < -0.39 is 0 Å². The molecule has 0 aromatic carbocycles. The van der Waals surface area contributed by atoms with Gasteiger partial charge in [0, 0.05) is 45.3 Å². The Morgan fingerprint density at radius 1 is 1.35 bits per heavy atom. The van der Waals surface area contributed by atoms with Gasteiger partial charge in [0.05, 0.1) is 23.5 Å². The van der Waals surface area contributed by atoms with Crippen molar-refractivity contribution in [2.24, 2.45) is 0 Å². The summed E-state index contributed by atoms with van der Waals surface area (Å²) in [6, 6.07) is 3.88. The summed E-state index contributed by atoms with van der Waals surface area (Å²) in [5, 5.41) is 4.92. The summed E-state index contributed by atoms with van der Waals surface area (Å²) >= 11 is 5.98. The minimum Gasteiger partial charge on any atom is -0.468 e. The smallest absolute Gasteiger partial charge is 0.224 e. The molecule has 1 amide bonds. The second-order valence-corrected chi connectivity index (χ2v) is 6.22. The van der Waals surface area contributed by atoms with Crippen molar-refractivity contribution < 1.29 is 9.21 Å². The Labute approximate surface area is 140 Å². The van der Waals surface area contributed by atoms with E-state index in [1.165, 1.54) is 0 Å². The Kier molecular flexibility index (Phi) is 5.03. The molecule has 0 aliphatic carbocycles. The lowest BCUT2D eigenvalue weighted by atomic mass is 10.2. The van der Waals surface area contributed by atoms with E-state index in [9.17, 15) is 4.79 Å². The number of rotatable bonds is 5. The highest BCUT2D eigenvalue weighted by Gasteiger charge is 2.21. The zero-order valence-corrected chi connectivity index (χ0v) is 14.0. The van der Waals surface area contributed by atoms with Crippen LogP contribution in [-0.2, 0) is 17.9 Å². The fourth-order valence-corrected chi connectivity index (χ4v) is 2.91. The molecule has 2 aromatic heterocycles. The van der Waals surface area contributed by atoms with E-state index in [1.54, 1.807) is 17.1 Å². The maximum absolute atomic E-state index is 12.3. The van der Waals surface area contributed by atoms with Gasteiger partial charge in [-0.3, -0.25) is 14.4 Å². The third-order valence-corrected chi connectivity index (χ3v) is 4.50. The summed E-state index contributed by atoms with van der Waals surface area (Å²) in [6.45, 7) is 6.51. The van der Waals surface area contributed by atoms with Gasteiger partial charge in [-0.05, 0) is 19.1 Å². The molecule has 1 fully saturated rings. The number of amides is 1. The van der Waals surface area contributed by atoms with Gasteiger partial charge in [-0.15, -0.1) is 0 Å². The van der Waals surface area contributed by atoms with Crippen LogP contribution in [0, 0.1) is 6.92 Å². The molecule has 0 radical (unpaired) electrons. The number of hydrogen-bond acceptors (Lipinski definition) is 4. The number of carbonyl (C=O) groups excluding carboxylic acids is 1. The Hall–Kier alpha value is -1.79. The zero-order chi connectivity index (χ0) is 16.2. The lowest BCUT2D eigenvalue weighted by Gasteiger charge is -2.34. The fourth-order valence-electron chi connectivity index (χ4n) is 2.75. The van der Waals surface area contributed by atoms with Gasteiger partial charge in [-0.2, -0.15) is 5.10 Å². The van der Waals surface area contributed by atoms with Crippen molar-refractivity contribution in [1.29, 1.82) is 0 Å². The van der Waals surface area contributed by atoms with Crippen LogP contribution in [-0.4, -0.2) is 51.7 Å². The van der Waals surface area contributed by atoms with E-state index in [0.29, 0.717) is 18.0 Å². The van der Waals surface area contributed by atoms with E-state index in [-0.39, 0.29) is 5.91 Å². The first-order valence-corrected chi connectivity index (χ1v) is 8.21. The SMILES string of the molecule is Cc1nn(CCC(=O)N2CCN(Cc3ccco3)CC2)cc1Cl. The van der Waals surface area contributed by atoms with E-state index in [4.69, 9.17) is 16.0 Å². The molecule has 124 valence electrons. The number of halogens is 1. The minimum atomic E-state index is 0.173. The third kappa shape index (κ3) is 4.14. The van der Waals surface area contributed by atoms with E-state index >= 15 is 0 Å². The van der Waals surface area contributed by atoms with E-state index in [0.717, 1.165) is 44.2 Å². The van der Waals surface area contributed by atoms with Crippen LogP contribution >= 0.6 is 11.6 Å². The van der Waals surface area contributed by atoms with Crippen LogP contribution in [0.15, 0.2) is 29.0 Å². The number of aromatic nitrogens is 2. The van der Waals surface area contributed by atoms with Crippen molar-refractivity contribution in [1.82, 2.24) is 19.6 Å². The second kappa shape index (κ2) is 7.19. The Morgan fingerprint density at radius 2 is 2.13 bits per heavy atom. The lowest BCUT2D eigenvalue weighted by molar-refractivity contribution is -0.133. The molecule has 1 aliphatic rings. The summed E-state index contributed by atoms with van der Waals surface area (Å²) in [4.78, 5) is 16.5. The number of hydrogen-bond donors (Lipinski definition) is 0. The highest BCUT2D eigenvalue weighted by Crippen LogP contribution is 2.13. The summed E-state index contributed by atoms with van der Waals surface area (Å²) in [6.07, 6.45) is 3.92. The molecular formula is C16H21ClN4O2. The van der Waals surface area contributed by atoms with Gasteiger partial charge in [0.2, 0.25) is 5.91 Å². The van der Waals surface area contributed by atoms with Crippen molar-refractivity contribution in [2.45, 2.75) is 26.4 Å². The second-order valence-electron chi connectivity index (χ2n) is 5.81. The highest BCUT2D eigenvalue weighted by molar-refractivity contribution is 6.31. The van der Waals surface area contributed by atoms with Crippen LogP contribution in [0.1, 0.15) is 17.9 Å². The van der Waals surface area contributed by atoms with Crippen molar-refractivity contribution in [3.63, 3.8) is 0 Å². The van der Waals surface area contributed by atoms with Gasteiger partial charge in [-0.25, -0.2) is 0 Å². The first-order valence-electron chi connectivity index (χ1n) is 7.84. The molecule has 0 N–H and O–H groups in total. The van der Waals surface area contributed by atoms with Gasteiger partial charge in [-0.1, -0.05) is 11.6 Å². The summed E-state index contributed by atoms with van der Waals surface area (Å²) in [5.41, 5.74) is 0.797. The monoisotopic (exact) mass is 336 g/mol. The molecular weight excluding hydrogens is 316 g/mol. The molecule has 3 rings (SSSR count). The number of furan rings is 1. The molecule has 1 aliphatic heterocycles. The molecule has 7 heteroatoms. The predicted octanol–water partition coefficient (Wildman–Crippen LogP) is 2.17. The van der Waals surface area contributed by atoms with E-state index in [1.807, 2.05) is 24.0 Å². The first kappa shape index (κ1) is 16.1. The van der Waals surface area contributed by atoms with Crippen molar-refractivity contribution in [3.05, 3.63) is 41.1 Å². The molecule has 0 atom stereocenters. The van der Waals surface area contributed by atoms with Crippen LogP contribution < -0.4 is 0 Å². The molecule has 0 spiro atoms. The average Bonchev–Trinajstić information content (AvgIpc) is 3.16. The minimum absolute atomic E-state index is 0.173. The van der Waals surface area contributed by atoms with Crippen LogP contribution in [0.4, 0.5) is 0 Å². The lowest BCUT2D eigenvalue weighted by Crippen LogP contribution is -2.48. The van der Waals surface area contributed by atoms with Crippen LogP contribution in [0.5, 0.6) is 0 Å². The summed E-state index contributed by atoms with van der Waals surface area (Å²) < 4.78 is 7.11. The van der Waals surface area contributed by atoms with Crippen molar-refractivity contribution in [3.8, 4) is 0 Å². The van der Waals surface area contributed by atoms with Crippen LogP contribution in [0.2, 0.25) is 5.02 Å². The largest absolute Gasteiger partial charge is 0.468 e. The third-order valence-electron chi connectivity index (χ3n) is 4.13. The summed E-state index contributed by atoms with van der Waals surface area (Å²) in [5.74, 6) is 1.14. The van der Waals surface area contributed by atoms with Gasteiger partial charge in [0.1, 0.15) is 5.76 Å². The highest BCUT2D eigenvalue weighted by atomic mass is 35.5. The molecule has 3 heterocycles. The van der Waals surface area contributed by atoms with Gasteiger partial charge < -0.3 is 9.32 Å². The number of nitrogens with zero attached hydrogens (tertiary/aromatic N) is 4. The molecule has 0 saturated carbocycles. The van der Waals surface area contributed by atoms with Crippen LogP contribution in [0.25, 0.3) is 0 Å². The molecule has 1 saturated heterocycles. The van der Waals surface area contributed by atoms with Crippen molar-refractivity contribution >= 4 is 17.5 Å². The topological polar surface area (TPSA) is 54.5 Å². The maximum atomic E-state index is 12.3. The van der Waals surface area contributed by atoms with Gasteiger partial charge in [0.25, 0.3) is 0 Å².